The van der Waals surface area contributed by atoms with Gasteiger partial charge < -0.3 is 4.90 Å². The number of anilines is 1. The third-order valence-electron chi connectivity index (χ3n) is 7.09. The molecule has 3 heterocycles. The van der Waals surface area contributed by atoms with Crippen LogP contribution in [0.3, 0.4) is 0 Å². The van der Waals surface area contributed by atoms with E-state index in [0.717, 1.165) is 45.6 Å². The lowest BCUT2D eigenvalue weighted by Gasteiger charge is -2.39. The van der Waals surface area contributed by atoms with Crippen LogP contribution in [0.2, 0.25) is 0 Å². The first-order valence-electron chi connectivity index (χ1n) is 11.5. The van der Waals surface area contributed by atoms with Gasteiger partial charge in [-0.05, 0) is 47.9 Å². The van der Waals surface area contributed by atoms with E-state index in [0.29, 0.717) is 11.4 Å². The third kappa shape index (κ3) is 4.74. The summed E-state index contributed by atoms with van der Waals surface area (Å²) in [5.41, 5.74) is 6.11. The van der Waals surface area contributed by atoms with E-state index < -0.39 is 5.91 Å². The topological polar surface area (TPSA) is 81.6 Å². The third-order valence-corrected chi connectivity index (χ3v) is 7.09. The summed E-state index contributed by atoms with van der Waals surface area (Å²) in [5, 5.41) is 8.73. The fourth-order valence-electron chi connectivity index (χ4n) is 5.11. The Kier molecular flexibility index (Phi) is 6.07. The van der Waals surface area contributed by atoms with Gasteiger partial charge in [-0.2, -0.15) is 0 Å². The summed E-state index contributed by atoms with van der Waals surface area (Å²) in [6.45, 7) is 5.12. The summed E-state index contributed by atoms with van der Waals surface area (Å²) in [4.78, 5) is 24.9. The molecule has 1 spiro atoms. The van der Waals surface area contributed by atoms with Gasteiger partial charge in [-0.15, -0.1) is 0 Å². The SMILES string of the molecule is O=C(NO)c1cnc(N2CCC3(CCN(Cc4ccc(-c5ccccc5)cc4)C3)CC2)nc1. The second-order valence-corrected chi connectivity index (χ2v) is 9.22. The molecule has 0 radical (unpaired) electrons. The van der Waals surface area contributed by atoms with Crippen LogP contribution in [0.4, 0.5) is 5.95 Å². The number of nitrogens with one attached hydrogen (secondary N) is 1. The Morgan fingerprint density at radius 1 is 0.909 bits per heavy atom. The van der Waals surface area contributed by atoms with Crippen molar-refractivity contribution in [2.24, 2.45) is 5.41 Å². The fraction of sp³-hybridized carbons (Fsp3) is 0.346. The van der Waals surface area contributed by atoms with Crippen LogP contribution < -0.4 is 10.4 Å². The maximum atomic E-state index is 11.5. The molecule has 0 atom stereocenters. The minimum atomic E-state index is -0.597. The zero-order chi connectivity index (χ0) is 22.7. The predicted octanol–water partition coefficient (Wildman–Crippen LogP) is 3.76. The molecule has 2 aliphatic heterocycles. The molecule has 33 heavy (non-hydrogen) atoms. The molecule has 170 valence electrons. The quantitative estimate of drug-likeness (QED) is 0.462. The van der Waals surface area contributed by atoms with Gasteiger partial charge in [0.1, 0.15) is 0 Å². The minimum Gasteiger partial charge on any atom is -0.341 e. The molecule has 1 aromatic heterocycles. The van der Waals surface area contributed by atoms with Crippen LogP contribution in [0.15, 0.2) is 67.0 Å². The monoisotopic (exact) mass is 443 g/mol. The number of hydrogen-bond acceptors (Lipinski definition) is 6. The Hall–Kier alpha value is -3.29. The van der Waals surface area contributed by atoms with Crippen LogP contribution >= 0.6 is 0 Å². The fourth-order valence-corrected chi connectivity index (χ4v) is 5.11. The van der Waals surface area contributed by atoms with E-state index >= 15 is 0 Å². The molecule has 2 N–H and O–H groups in total. The molecule has 0 unspecified atom stereocenters. The Morgan fingerprint density at radius 3 is 2.21 bits per heavy atom. The van der Waals surface area contributed by atoms with Gasteiger partial charge in [0.2, 0.25) is 5.95 Å². The first kappa shape index (κ1) is 21.6. The van der Waals surface area contributed by atoms with Gasteiger partial charge in [0.05, 0.1) is 5.56 Å². The van der Waals surface area contributed by atoms with Crippen molar-refractivity contribution >= 4 is 11.9 Å². The summed E-state index contributed by atoms with van der Waals surface area (Å²) in [5.74, 6) is 0.0487. The highest BCUT2D eigenvalue weighted by atomic mass is 16.5. The van der Waals surface area contributed by atoms with Gasteiger partial charge in [-0.3, -0.25) is 14.9 Å². The van der Waals surface area contributed by atoms with Crippen molar-refractivity contribution in [1.29, 1.82) is 0 Å². The number of hydroxylamine groups is 1. The number of aromatic nitrogens is 2. The van der Waals surface area contributed by atoms with Gasteiger partial charge in [-0.1, -0.05) is 54.6 Å². The molecule has 7 nitrogen and oxygen atoms in total. The highest BCUT2D eigenvalue weighted by molar-refractivity contribution is 5.92. The number of likely N-dealkylation sites (tertiary alicyclic amines) is 1. The van der Waals surface area contributed by atoms with E-state index in [1.165, 1.54) is 35.5 Å². The second-order valence-electron chi connectivity index (χ2n) is 9.22. The average molecular weight is 444 g/mol. The lowest BCUT2D eigenvalue weighted by Crippen LogP contribution is -2.42. The molecule has 0 saturated carbocycles. The lowest BCUT2D eigenvalue weighted by atomic mass is 9.78. The second kappa shape index (κ2) is 9.29. The van der Waals surface area contributed by atoms with Crippen LogP contribution in [0.5, 0.6) is 0 Å². The molecule has 1 amide bonds. The molecule has 2 fully saturated rings. The van der Waals surface area contributed by atoms with Crippen molar-refractivity contribution < 1.29 is 10.0 Å². The number of rotatable bonds is 5. The zero-order valence-corrected chi connectivity index (χ0v) is 18.7. The molecule has 0 bridgehead atoms. The van der Waals surface area contributed by atoms with Crippen molar-refractivity contribution in [3.63, 3.8) is 0 Å². The molecule has 5 rings (SSSR count). The average Bonchev–Trinajstić information content (AvgIpc) is 3.26. The Labute approximate surface area is 194 Å². The molecule has 2 aliphatic rings. The van der Waals surface area contributed by atoms with Crippen molar-refractivity contribution in [1.82, 2.24) is 20.3 Å². The summed E-state index contributed by atoms with van der Waals surface area (Å²) in [6.07, 6.45) is 6.40. The van der Waals surface area contributed by atoms with Gasteiger partial charge in [0.15, 0.2) is 0 Å². The maximum Gasteiger partial charge on any atom is 0.277 e. The van der Waals surface area contributed by atoms with E-state index in [4.69, 9.17) is 5.21 Å². The van der Waals surface area contributed by atoms with E-state index in [2.05, 4.69) is 68.3 Å². The molecule has 0 aliphatic carbocycles. The highest BCUT2D eigenvalue weighted by Crippen LogP contribution is 2.41. The number of amides is 1. The maximum absolute atomic E-state index is 11.5. The van der Waals surface area contributed by atoms with Crippen LogP contribution in [0.1, 0.15) is 35.2 Å². The van der Waals surface area contributed by atoms with Crippen molar-refractivity contribution in [2.75, 3.05) is 31.1 Å². The van der Waals surface area contributed by atoms with Crippen molar-refractivity contribution in [2.45, 2.75) is 25.8 Å². The number of carbonyl (C=O) groups excluding carboxylic acids is 1. The van der Waals surface area contributed by atoms with E-state index in [9.17, 15) is 4.79 Å². The van der Waals surface area contributed by atoms with Gasteiger partial charge in [0.25, 0.3) is 5.91 Å². The van der Waals surface area contributed by atoms with Crippen LogP contribution in [0.25, 0.3) is 11.1 Å². The van der Waals surface area contributed by atoms with Crippen molar-refractivity contribution in [3.8, 4) is 11.1 Å². The largest absolute Gasteiger partial charge is 0.341 e. The molecule has 7 heteroatoms. The first-order valence-corrected chi connectivity index (χ1v) is 11.5. The Bertz CT molecular complexity index is 1080. The number of benzene rings is 2. The number of carbonyl (C=O) groups is 1. The van der Waals surface area contributed by atoms with Gasteiger partial charge in [0, 0.05) is 38.6 Å². The molecule has 2 saturated heterocycles. The van der Waals surface area contributed by atoms with E-state index in [-0.39, 0.29) is 5.56 Å². The van der Waals surface area contributed by atoms with E-state index in [1.807, 2.05) is 6.07 Å². The summed E-state index contributed by atoms with van der Waals surface area (Å²) in [6, 6.07) is 19.5. The lowest BCUT2D eigenvalue weighted by molar-refractivity contribution is 0.0705. The molecule has 2 aromatic carbocycles. The summed E-state index contributed by atoms with van der Waals surface area (Å²) in [7, 11) is 0. The summed E-state index contributed by atoms with van der Waals surface area (Å²) >= 11 is 0. The molecule has 3 aromatic rings. The number of hydrogen-bond donors (Lipinski definition) is 2. The standard InChI is InChI=1S/C26H29N5O2/c32-24(29-33)23-16-27-25(28-17-23)31-14-11-26(12-15-31)10-13-30(19-26)18-20-6-8-22(9-7-20)21-4-2-1-3-5-21/h1-9,16-17,33H,10-15,18-19H2,(H,29,32). The zero-order valence-electron chi connectivity index (χ0n) is 18.7. The molecular formula is C26H29N5O2. The van der Waals surface area contributed by atoms with Crippen molar-refractivity contribution in [3.05, 3.63) is 78.1 Å². The van der Waals surface area contributed by atoms with Crippen LogP contribution in [-0.4, -0.2) is 52.2 Å². The number of nitrogens with zero attached hydrogens (tertiary/aromatic N) is 4. The normalized spacial score (nSPS) is 17.9. The van der Waals surface area contributed by atoms with E-state index in [1.54, 1.807) is 5.48 Å². The van der Waals surface area contributed by atoms with Crippen LogP contribution in [-0.2, 0) is 6.54 Å². The molecular weight excluding hydrogens is 414 g/mol. The minimum absolute atomic E-state index is 0.248. The smallest absolute Gasteiger partial charge is 0.277 e. The van der Waals surface area contributed by atoms with Gasteiger partial charge >= 0.3 is 0 Å². The number of piperidine rings is 1. The van der Waals surface area contributed by atoms with Gasteiger partial charge in [-0.25, -0.2) is 15.4 Å². The Morgan fingerprint density at radius 2 is 1.55 bits per heavy atom. The Balaban J connectivity index is 1.15. The predicted molar refractivity (Wildman–Crippen MR) is 127 cm³/mol. The highest BCUT2D eigenvalue weighted by Gasteiger charge is 2.40. The first-order chi connectivity index (χ1) is 16.1. The summed E-state index contributed by atoms with van der Waals surface area (Å²) < 4.78 is 0. The van der Waals surface area contributed by atoms with Crippen LogP contribution in [0, 0.1) is 5.41 Å².